The topological polar surface area (TPSA) is 83.2 Å². The minimum absolute atomic E-state index is 0. The fraction of sp³-hybridized carbons (Fsp3) is 0.231. The first-order chi connectivity index (χ1) is 9.10. The Balaban J connectivity index is 0.00000361. The summed E-state index contributed by atoms with van der Waals surface area (Å²) >= 11 is 6.02. The van der Waals surface area contributed by atoms with E-state index in [4.69, 9.17) is 32.2 Å². The molecule has 0 aromatic heterocycles. The van der Waals surface area contributed by atoms with E-state index in [0.717, 1.165) is 6.20 Å². The van der Waals surface area contributed by atoms with Crippen LogP contribution in [0, 0.1) is 5.41 Å². The minimum Gasteiger partial charge on any atom is -0.705 e. The summed E-state index contributed by atoms with van der Waals surface area (Å²) in [6.45, 7) is 1.95. The maximum atomic E-state index is 11.8. The van der Waals surface area contributed by atoms with E-state index in [1.165, 1.54) is 6.08 Å². The second-order valence-electron chi connectivity index (χ2n) is 3.47. The first-order valence-corrected chi connectivity index (χ1v) is 5.97. The molecule has 0 unspecified atom stereocenters. The number of rotatable bonds is 5. The number of esters is 1. The Morgan fingerprint density at radius 3 is 2.75 bits per heavy atom. The normalized spacial score (nSPS) is 9.90. The van der Waals surface area contributed by atoms with Gasteiger partial charge in [0.1, 0.15) is 6.61 Å². The van der Waals surface area contributed by atoms with Crippen molar-refractivity contribution in [1.29, 1.82) is 5.41 Å². The van der Waals surface area contributed by atoms with Crippen LogP contribution in [0.15, 0.2) is 30.5 Å². The van der Waals surface area contributed by atoms with E-state index < -0.39 is 5.97 Å². The van der Waals surface area contributed by atoms with Crippen molar-refractivity contribution in [3.05, 3.63) is 52.4 Å². The third kappa shape index (κ3) is 6.21. The monoisotopic (exact) mass is 414 g/mol. The van der Waals surface area contributed by atoms with E-state index in [2.05, 4.69) is 0 Å². The standard InChI is InChI=1S/C13H14ClN2O3.Cs/c1-2-18-13(17)9-4-3-5-11(14)10(9)8-19-12(16)6-7-15;/h3-7H,2,8H2,1H3,(H2-,15,16);/q-1;+1. The summed E-state index contributed by atoms with van der Waals surface area (Å²) in [5, 5.41) is 7.75. The first-order valence-electron chi connectivity index (χ1n) is 5.59. The van der Waals surface area contributed by atoms with E-state index in [-0.39, 0.29) is 88.0 Å². The molecule has 102 valence electrons. The van der Waals surface area contributed by atoms with Crippen molar-refractivity contribution in [3.63, 3.8) is 0 Å². The fourth-order valence-electron chi connectivity index (χ4n) is 1.38. The molecule has 2 N–H and O–H groups in total. The molecule has 0 bridgehead atoms. The Morgan fingerprint density at radius 2 is 2.15 bits per heavy atom. The minimum atomic E-state index is -0.480. The molecule has 0 aliphatic rings. The summed E-state index contributed by atoms with van der Waals surface area (Å²) in [6, 6.07) is 4.87. The number of halogens is 1. The smallest absolute Gasteiger partial charge is 0.705 e. The summed E-state index contributed by atoms with van der Waals surface area (Å²) in [7, 11) is 0. The van der Waals surface area contributed by atoms with Crippen LogP contribution >= 0.6 is 11.6 Å². The molecule has 0 fully saturated rings. The van der Waals surface area contributed by atoms with Crippen molar-refractivity contribution in [2.45, 2.75) is 13.5 Å². The molecular weight excluding hydrogens is 401 g/mol. The van der Waals surface area contributed by atoms with Crippen molar-refractivity contribution < 1.29 is 83.2 Å². The quantitative estimate of drug-likeness (QED) is 0.435. The average molecular weight is 415 g/mol. The Bertz CT molecular complexity index is 506. The number of benzene rings is 1. The van der Waals surface area contributed by atoms with Gasteiger partial charge in [-0.05, 0) is 25.1 Å². The average Bonchev–Trinajstić information content (AvgIpc) is 2.37. The number of hydrogen-bond acceptors (Lipinski definition) is 4. The van der Waals surface area contributed by atoms with Gasteiger partial charge in [-0.25, -0.2) is 4.79 Å². The first kappa shape index (κ1) is 20.0. The molecule has 0 amide bonds. The van der Waals surface area contributed by atoms with Crippen molar-refractivity contribution in [2.24, 2.45) is 0 Å². The Kier molecular flexibility index (Phi) is 10.7. The van der Waals surface area contributed by atoms with E-state index in [1.54, 1.807) is 25.1 Å². The van der Waals surface area contributed by atoms with Gasteiger partial charge in [0.15, 0.2) is 0 Å². The van der Waals surface area contributed by atoms with Crippen LogP contribution in [0.4, 0.5) is 0 Å². The predicted molar refractivity (Wildman–Crippen MR) is 73.4 cm³/mol. The number of nitrogens with one attached hydrogen (secondary N) is 2. The van der Waals surface area contributed by atoms with Crippen molar-refractivity contribution >= 4 is 23.5 Å². The SMILES string of the molecule is CCOC(=O)c1cccc(Cl)c1COC(=N)/C=C\[NH-].[Cs+]. The Hall–Kier alpha value is 0.0419. The summed E-state index contributed by atoms with van der Waals surface area (Å²) in [4.78, 5) is 11.8. The zero-order chi connectivity index (χ0) is 14.3. The van der Waals surface area contributed by atoms with Crippen molar-refractivity contribution in [1.82, 2.24) is 0 Å². The molecular formula is C13H14ClCsN2O3. The molecule has 0 atom stereocenters. The van der Waals surface area contributed by atoms with Gasteiger partial charge < -0.3 is 15.2 Å². The largest absolute Gasteiger partial charge is 1.00 e. The Labute approximate surface area is 181 Å². The second-order valence-corrected chi connectivity index (χ2v) is 3.88. The second kappa shape index (κ2) is 10.7. The van der Waals surface area contributed by atoms with Crippen LogP contribution in [0.2, 0.25) is 5.02 Å². The van der Waals surface area contributed by atoms with E-state index in [9.17, 15) is 4.79 Å². The summed E-state index contributed by atoms with van der Waals surface area (Å²) < 4.78 is 10.0. The van der Waals surface area contributed by atoms with Gasteiger partial charge in [-0.2, -0.15) is 6.20 Å². The van der Waals surface area contributed by atoms with E-state index in [1.807, 2.05) is 0 Å². The maximum absolute atomic E-state index is 11.8. The van der Waals surface area contributed by atoms with Crippen molar-refractivity contribution in [3.8, 4) is 0 Å². The molecule has 1 aromatic rings. The molecule has 1 rings (SSSR count). The fourth-order valence-corrected chi connectivity index (χ4v) is 1.61. The van der Waals surface area contributed by atoms with Crippen LogP contribution in [0.25, 0.3) is 5.73 Å². The molecule has 20 heavy (non-hydrogen) atoms. The molecule has 0 saturated heterocycles. The molecule has 0 heterocycles. The van der Waals surface area contributed by atoms with Gasteiger partial charge in [0.05, 0.1) is 12.2 Å². The van der Waals surface area contributed by atoms with E-state index in [0.29, 0.717) is 16.1 Å². The van der Waals surface area contributed by atoms with Gasteiger partial charge in [-0.3, -0.25) is 5.41 Å². The maximum Gasteiger partial charge on any atom is 1.00 e. The molecule has 0 saturated carbocycles. The van der Waals surface area contributed by atoms with Gasteiger partial charge >= 0.3 is 74.9 Å². The molecule has 0 radical (unpaired) electrons. The van der Waals surface area contributed by atoms with Crippen LogP contribution < -0.4 is 68.9 Å². The predicted octanol–water partition coefficient (Wildman–Crippen LogP) is 0.580. The number of hydrogen-bond donors (Lipinski definition) is 1. The van der Waals surface area contributed by atoms with Gasteiger partial charge in [0.2, 0.25) is 5.90 Å². The molecule has 0 aliphatic heterocycles. The zero-order valence-corrected chi connectivity index (χ0v) is 18.4. The Morgan fingerprint density at radius 1 is 1.45 bits per heavy atom. The molecule has 7 heteroatoms. The number of ether oxygens (including phenoxy) is 2. The molecule has 1 aromatic carbocycles. The molecule has 0 aliphatic carbocycles. The third-order valence-corrected chi connectivity index (χ3v) is 2.58. The van der Waals surface area contributed by atoms with Gasteiger partial charge in [0, 0.05) is 10.6 Å². The summed E-state index contributed by atoms with van der Waals surface area (Å²) in [6.07, 6.45) is 2.13. The van der Waals surface area contributed by atoms with Crippen LogP contribution in [0.1, 0.15) is 22.8 Å². The van der Waals surface area contributed by atoms with Crippen molar-refractivity contribution in [2.75, 3.05) is 6.61 Å². The zero-order valence-electron chi connectivity index (χ0n) is 11.4. The molecule has 5 nitrogen and oxygen atoms in total. The number of carbonyl (C=O) groups excluding carboxylic acids is 1. The van der Waals surface area contributed by atoms with Gasteiger partial charge in [0.25, 0.3) is 0 Å². The molecule has 0 spiro atoms. The van der Waals surface area contributed by atoms with Crippen LogP contribution in [0.5, 0.6) is 0 Å². The summed E-state index contributed by atoms with van der Waals surface area (Å²) in [5.41, 5.74) is 7.60. The third-order valence-electron chi connectivity index (χ3n) is 2.22. The van der Waals surface area contributed by atoms with Crippen LogP contribution in [0.3, 0.4) is 0 Å². The summed E-state index contributed by atoms with van der Waals surface area (Å²) in [5.74, 6) is -0.657. The van der Waals surface area contributed by atoms with Crippen LogP contribution in [-0.4, -0.2) is 18.5 Å². The van der Waals surface area contributed by atoms with E-state index >= 15 is 0 Å². The van der Waals surface area contributed by atoms with Crippen LogP contribution in [-0.2, 0) is 16.1 Å². The van der Waals surface area contributed by atoms with Gasteiger partial charge in [-0.15, -0.1) is 0 Å². The van der Waals surface area contributed by atoms with Gasteiger partial charge in [-0.1, -0.05) is 17.7 Å². The number of carbonyl (C=O) groups is 1.